The van der Waals surface area contributed by atoms with E-state index in [1.54, 1.807) is 0 Å². The molecule has 0 aromatic rings. The van der Waals surface area contributed by atoms with Gasteiger partial charge in [-0.1, -0.05) is 20.3 Å². The zero-order valence-electron chi connectivity index (χ0n) is 11.1. The van der Waals surface area contributed by atoms with Crippen LogP contribution in [-0.4, -0.2) is 40.1 Å². The molecule has 0 bridgehead atoms. The average Bonchev–Trinajstić information content (AvgIpc) is 2.86. The van der Waals surface area contributed by atoms with Crippen LogP contribution in [0.5, 0.6) is 0 Å². The van der Waals surface area contributed by atoms with E-state index < -0.39 is 0 Å². The molecule has 4 atom stereocenters. The second-order valence-corrected chi connectivity index (χ2v) is 6.57. The Morgan fingerprint density at radius 2 is 2.18 bits per heavy atom. The summed E-state index contributed by atoms with van der Waals surface area (Å²) in [6.07, 6.45) is 5.01. The van der Waals surface area contributed by atoms with Crippen LogP contribution in [0.25, 0.3) is 0 Å². The van der Waals surface area contributed by atoms with Gasteiger partial charge in [0.2, 0.25) is 5.91 Å². The summed E-state index contributed by atoms with van der Waals surface area (Å²) in [5.41, 5.74) is 0. The van der Waals surface area contributed by atoms with E-state index in [0.717, 1.165) is 12.2 Å². The number of carbonyl (C=O) groups is 1. The van der Waals surface area contributed by atoms with E-state index in [0.29, 0.717) is 17.2 Å². The van der Waals surface area contributed by atoms with Gasteiger partial charge in [0.15, 0.2) is 0 Å². The summed E-state index contributed by atoms with van der Waals surface area (Å²) in [7, 11) is 0. The van der Waals surface area contributed by atoms with Crippen LogP contribution in [0.2, 0.25) is 0 Å². The molecule has 98 valence electrons. The summed E-state index contributed by atoms with van der Waals surface area (Å²) in [5.74, 6) is 1.47. The first-order valence-electron chi connectivity index (χ1n) is 6.88. The number of carbonyl (C=O) groups excluding carboxylic acids is 1. The zero-order valence-corrected chi connectivity index (χ0v) is 11.9. The van der Waals surface area contributed by atoms with E-state index in [1.165, 1.54) is 19.3 Å². The first-order chi connectivity index (χ1) is 8.19. The highest BCUT2D eigenvalue weighted by atomic mass is 32.2. The summed E-state index contributed by atoms with van der Waals surface area (Å²) in [6.45, 7) is 6.36. The molecule has 1 aliphatic carbocycles. The highest BCUT2D eigenvalue weighted by molar-refractivity contribution is 7.99. The minimum atomic E-state index is 0.00725. The van der Waals surface area contributed by atoms with E-state index in [2.05, 4.69) is 24.1 Å². The molecule has 4 heteroatoms. The van der Waals surface area contributed by atoms with Gasteiger partial charge in [-0.25, -0.2) is 0 Å². The second kappa shape index (κ2) is 5.61. The van der Waals surface area contributed by atoms with Gasteiger partial charge in [0.05, 0.1) is 12.2 Å². The van der Waals surface area contributed by atoms with Crippen molar-refractivity contribution in [2.24, 2.45) is 0 Å². The maximum absolute atomic E-state index is 12.3. The Balaban J connectivity index is 2.11. The van der Waals surface area contributed by atoms with Crippen molar-refractivity contribution in [1.29, 1.82) is 0 Å². The molecule has 1 amide bonds. The van der Waals surface area contributed by atoms with Gasteiger partial charge in [-0.05, 0) is 31.9 Å². The van der Waals surface area contributed by atoms with Gasteiger partial charge in [-0.2, -0.15) is 11.8 Å². The lowest BCUT2D eigenvalue weighted by Gasteiger charge is -2.33. The quantitative estimate of drug-likeness (QED) is 0.837. The largest absolute Gasteiger partial charge is 0.322 e. The van der Waals surface area contributed by atoms with Gasteiger partial charge in [-0.15, -0.1) is 0 Å². The van der Waals surface area contributed by atoms with E-state index in [1.807, 2.05) is 18.7 Å². The fourth-order valence-corrected chi connectivity index (χ4v) is 4.41. The summed E-state index contributed by atoms with van der Waals surface area (Å²) in [4.78, 5) is 14.4. The molecule has 2 fully saturated rings. The molecular weight excluding hydrogens is 232 g/mol. The predicted molar refractivity (Wildman–Crippen MR) is 73.1 cm³/mol. The van der Waals surface area contributed by atoms with Crippen molar-refractivity contribution < 1.29 is 4.79 Å². The molecule has 0 spiro atoms. The SMILES string of the molecule is CCSC1CCCC1N1C(=O)C(C)NC1CC. The molecule has 0 aromatic heterocycles. The Morgan fingerprint density at radius 3 is 2.82 bits per heavy atom. The van der Waals surface area contributed by atoms with Gasteiger partial charge in [0.25, 0.3) is 0 Å². The second-order valence-electron chi connectivity index (χ2n) is 5.05. The molecule has 1 aliphatic heterocycles. The summed E-state index contributed by atoms with van der Waals surface area (Å²) in [6, 6.07) is 0.475. The third-order valence-corrected chi connectivity index (χ3v) is 5.26. The molecule has 3 nitrogen and oxygen atoms in total. The fourth-order valence-electron chi connectivity index (χ4n) is 3.16. The summed E-state index contributed by atoms with van der Waals surface area (Å²) >= 11 is 2.03. The van der Waals surface area contributed by atoms with Gasteiger partial charge in [0.1, 0.15) is 0 Å². The van der Waals surface area contributed by atoms with E-state index in [9.17, 15) is 4.79 Å². The lowest BCUT2D eigenvalue weighted by atomic mass is 10.2. The lowest BCUT2D eigenvalue weighted by Crippen LogP contribution is -2.47. The minimum Gasteiger partial charge on any atom is -0.322 e. The van der Waals surface area contributed by atoms with Crippen molar-refractivity contribution >= 4 is 17.7 Å². The van der Waals surface area contributed by atoms with Crippen molar-refractivity contribution in [3.8, 4) is 0 Å². The molecule has 2 aliphatic rings. The Morgan fingerprint density at radius 1 is 1.41 bits per heavy atom. The molecular formula is C13H24N2OS. The molecule has 1 saturated heterocycles. The van der Waals surface area contributed by atoms with Crippen LogP contribution < -0.4 is 5.32 Å². The molecule has 1 saturated carbocycles. The maximum Gasteiger partial charge on any atom is 0.241 e. The Bertz CT molecular complexity index is 285. The number of thioether (sulfide) groups is 1. The first-order valence-corrected chi connectivity index (χ1v) is 7.93. The number of rotatable bonds is 4. The minimum absolute atomic E-state index is 0.00725. The normalized spacial score (nSPS) is 38.1. The Hall–Kier alpha value is -0.220. The molecule has 1 N–H and O–H groups in total. The molecule has 4 unspecified atom stereocenters. The van der Waals surface area contributed by atoms with Crippen LogP contribution in [0.15, 0.2) is 0 Å². The number of nitrogens with zero attached hydrogens (tertiary/aromatic N) is 1. The van der Waals surface area contributed by atoms with E-state index >= 15 is 0 Å². The van der Waals surface area contributed by atoms with Gasteiger partial charge in [-0.3, -0.25) is 10.1 Å². The van der Waals surface area contributed by atoms with Crippen LogP contribution >= 0.6 is 11.8 Å². The van der Waals surface area contributed by atoms with Crippen molar-refractivity contribution in [2.75, 3.05) is 5.75 Å². The smallest absolute Gasteiger partial charge is 0.241 e. The fraction of sp³-hybridized carbons (Fsp3) is 0.923. The highest BCUT2D eigenvalue weighted by Crippen LogP contribution is 2.36. The van der Waals surface area contributed by atoms with Crippen LogP contribution in [0.3, 0.4) is 0 Å². The number of hydrogen-bond donors (Lipinski definition) is 1. The monoisotopic (exact) mass is 256 g/mol. The van der Waals surface area contributed by atoms with Crippen molar-refractivity contribution in [2.45, 2.75) is 70.0 Å². The maximum atomic E-state index is 12.3. The third kappa shape index (κ3) is 2.48. The van der Waals surface area contributed by atoms with Crippen molar-refractivity contribution in [1.82, 2.24) is 10.2 Å². The lowest BCUT2D eigenvalue weighted by molar-refractivity contribution is -0.131. The van der Waals surface area contributed by atoms with Crippen molar-refractivity contribution in [3.63, 3.8) is 0 Å². The van der Waals surface area contributed by atoms with Crippen LogP contribution in [0.1, 0.15) is 46.5 Å². The molecule has 2 rings (SSSR count). The van der Waals surface area contributed by atoms with Gasteiger partial charge in [0, 0.05) is 11.3 Å². The molecule has 0 aromatic carbocycles. The summed E-state index contributed by atoms with van der Waals surface area (Å²) < 4.78 is 0. The number of hydrogen-bond acceptors (Lipinski definition) is 3. The third-order valence-electron chi connectivity index (χ3n) is 3.95. The standard InChI is InChI=1S/C13H24N2OS/c1-4-12-14-9(3)13(16)15(12)10-7-6-8-11(10)17-5-2/h9-12,14H,4-8H2,1-3H3. The van der Waals surface area contributed by atoms with Crippen LogP contribution in [0, 0.1) is 0 Å². The molecule has 1 heterocycles. The predicted octanol–water partition coefficient (Wildman–Crippen LogP) is 2.22. The number of amides is 1. The Kier molecular flexibility index (Phi) is 4.36. The summed E-state index contributed by atoms with van der Waals surface area (Å²) in [5, 5.41) is 4.07. The van der Waals surface area contributed by atoms with Gasteiger partial charge < -0.3 is 4.90 Å². The van der Waals surface area contributed by atoms with E-state index in [-0.39, 0.29) is 12.2 Å². The van der Waals surface area contributed by atoms with Crippen molar-refractivity contribution in [3.05, 3.63) is 0 Å². The Labute approximate surface area is 109 Å². The zero-order chi connectivity index (χ0) is 12.4. The van der Waals surface area contributed by atoms with E-state index in [4.69, 9.17) is 0 Å². The molecule has 17 heavy (non-hydrogen) atoms. The average molecular weight is 256 g/mol. The number of nitrogens with one attached hydrogen (secondary N) is 1. The van der Waals surface area contributed by atoms with Crippen LogP contribution in [-0.2, 0) is 4.79 Å². The van der Waals surface area contributed by atoms with Gasteiger partial charge >= 0.3 is 0 Å². The highest BCUT2D eigenvalue weighted by Gasteiger charge is 2.43. The first kappa shape index (κ1) is 13.2. The molecule has 0 radical (unpaired) electrons. The van der Waals surface area contributed by atoms with Crippen LogP contribution in [0.4, 0.5) is 0 Å². The topological polar surface area (TPSA) is 32.3 Å².